The molecular weight excluding hydrogens is 264 g/mol. The normalized spacial score (nSPS) is 18.2. The zero-order valence-corrected chi connectivity index (χ0v) is 12.9. The number of aliphatic hydroxyl groups is 1. The van der Waals surface area contributed by atoms with Gasteiger partial charge in [0.05, 0.1) is 24.7 Å². The average Bonchev–Trinajstić information content (AvgIpc) is 2.33. The van der Waals surface area contributed by atoms with E-state index in [1.807, 2.05) is 0 Å². The molecule has 1 rings (SSSR count). The lowest BCUT2D eigenvalue weighted by atomic mass is 9.83. The van der Waals surface area contributed by atoms with Crippen molar-refractivity contribution >= 4 is 9.84 Å². The molecule has 0 spiro atoms. The molecule has 0 amide bonds. The number of hydrogen-bond donors (Lipinski definition) is 1. The summed E-state index contributed by atoms with van der Waals surface area (Å²) < 4.78 is 28.3. The Labute approximate surface area is 117 Å². The van der Waals surface area contributed by atoms with Crippen LogP contribution in [0.4, 0.5) is 0 Å². The Bertz CT molecular complexity index is 333. The van der Waals surface area contributed by atoms with Crippen molar-refractivity contribution in [2.75, 3.05) is 31.3 Å². The summed E-state index contributed by atoms with van der Waals surface area (Å²) in [5.74, 6) is 0.403. The van der Waals surface area contributed by atoms with Gasteiger partial charge in [0.25, 0.3) is 0 Å². The Kier molecular flexibility index (Phi) is 7.32. The predicted molar refractivity (Wildman–Crippen MR) is 77.0 cm³/mol. The first-order valence-corrected chi connectivity index (χ1v) is 9.19. The molecule has 19 heavy (non-hydrogen) atoms. The molecule has 1 aliphatic rings. The van der Waals surface area contributed by atoms with Crippen LogP contribution in [0, 0.1) is 5.41 Å². The minimum atomic E-state index is -2.93. The Morgan fingerprint density at radius 3 is 2.16 bits per heavy atom. The molecule has 4 nitrogen and oxygen atoms in total. The van der Waals surface area contributed by atoms with E-state index in [0.717, 1.165) is 32.5 Å². The van der Waals surface area contributed by atoms with Gasteiger partial charge in [0.2, 0.25) is 0 Å². The minimum absolute atomic E-state index is 0.0400. The molecule has 0 saturated carbocycles. The monoisotopic (exact) mass is 292 g/mol. The second-order valence-corrected chi connectivity index (χ2v) is 8.35. The molecule has 0 bridgehead atoms. The van der Waals surface area contributed by atoms with Gasteiger partial charge in [-0.3, -0.25) is 0 Å². The molecule has 1 N–H and O–H groups in total. The predicted octanol–water partition coefficient (Wildman–Crippen LogP) is 2.16. The van der Waals surface area contributed by atoms with Crippen LogP contribution in [0.25, 0.3) is 0 Å². The molecule has 1 fully saturated rings. The van der Waals surface area contributed by atoms with Crippen molar-refractivity contribution in [2.45, 2.75) is 51.9 Å². The van der Waals surface area contributed by atoms with Gasteiger partial charge in [-0.1, -0.05) is 32.6 Å². The molecular formula is C14H28O4S. The second-order valence-electron chi connectivity index (χ2n) is 6.05. The van der Waals surface area contributed by atoms with Gasteiger partial charge in [-0.05, 0) is 19.3 Å². The molecule has 0 unspecified atom stereocenters. The van der Waals surface area contributed by atoms with Crippen LogP contribution in [0.15, 0.2) is 0 Å². The van der Waals surface area contributed by atoms with Crippen molar-refractivity contribution < 1.29 is 18.3 Å². The SMILES string of the molecule is CC1(CCCCCCCS(=O)(=O)CCCO)COC1. The summed E-state index contributed by atoms with van der Waals surface area (Å²) in [4.78, 5) is 0. The Morgan fingerprint density at radius 2 is 1.58 bits per heavy atom. The lowest BCUT2D eigenvalue weighted by molar-refractivity contribution is -0.106. The van der Waals surface area contributed by atoms with Crippen molar-refractivity contribution in [3.8, 4) is 0 Å². The number of sulfone groups is 1. The highest BCUT2D eigenvalue weighted by atomic mass is 32.2. The maximum absolute atomic E-state index is 11.5. The Balaban J connectivity index is 1.93. The van der Waals surface area contributed by atoms with Crippen LogP contribution >= 0.6 is 0 Å². The number of rotatable bonds is 11. The third-order valence-electron chi connectivity index (χ3n) is 3.75. The number of aliphatic hydroxyl groups excluding tert-OH is 1. The van der Waals surface area contributed by atoms with E-state index in [1.54, 1.807) is 0 Å². The number of ether oxygens (including phenoxy) is 1. The largest absolute Gasteiger partial charge is 0.396 e. The molecule has 1 saturated heterocycles. The van der Waals surface area contributed by atoms with Gasteiger partial charge in [-0.2, -0.15) is 0 Å². The van der Waals surface area contributed by atoms with E-state index in [4.69, 9.17) is 9.84 Å². The van der Waals surface area contributed by atoms with E-state index in [9.17, 15) is 8.42 Å². The van der Waals surface area contributed by atoms with Crippen LogP contribution in [0.2, 0.25) is 0 Å². The fourth-order valence-electron chi connectivity index (χ4n) is 2.39. The topological polar surface area (TPSA) is 63.6 Å². The van der Waals surface area contributed by atoms with Crippen LogP contribution < -0.4 is 0 Å². The number of unbranched alkanes of at least 4 members (excludes halogenated alkanes) is 4. The van der Waals surface area contributed by atoms with Gasteiger partial charge in [-0.25, -0.2) is 8.42 Å². The fourth-order valence-corrected chi connectivity index (χ4v) is 3.80. The highest BCUT2D eigenvalue weighted by molar-refractivity contribution is 7.91. The van der Waals surface area contributed by atoms with Crippen molar-refractivity contribution in [1.29, 1.82) is 0 Å². The molecule has 0 aromatic rings. The molecule has 0 aromatic carbocycles. The smallest absolute Gasteiger partial charge is 0.150 e. The van der Waals surface area contributed by atoms with Gasteiger partial charge in [-0.15, -0.1) is 0 Å². The summed E-state index contributed by atoms with van der Waals surface area (Å²) in [7, 11) is -2.93. The average molecular weight is 292 g/mol. The van der Waals surface area contributed by atoms with Gasteiger partial charge >= 0.3 is 0 Å². The summed E-state index contributed by atoms with van der Waals surface area (Å²) in [5.41, 5.74) is 0.410. The number of hydrogen-bond acceptors (Lipinski definition) is 4. The maximum Gasteiger partial charge on any atom is 0.150 e. The standard InChI is InChI=1S/C14H28O4S/c1-14(12-18-13-14)8-5-3-2-4-6-10-19(16,17)11-7-9-15/h15H,2-13H2,1H3. The van der Waals surface area contributed by atoms with Gasteiger partial charge < -0.3 is 9.84 Å². The molecule has 0 aromatic heterocycles. The second kappa shape index (κ2) is 8.22. The molecule has 1 aliphatic heterocycles. The molecule has 5 heteroatoms. The first-order chi connectivity index (χ1) is 8.97. The summed E-state index contributed by atoms with van der Waals surface area (Å²) >= 11 is 0. The lowest BCUT2D eigenvalue weighted by Crippen LogP contribution is -2.39. The zero-order valence-electron chi connectivity index (χ0n) is 12.1. The first-order valence-electron chi connectivity index (χ1n) is 7.36. The Morgan fingerprint density at radius 1 is 1.00 bits per heavy atom. The first kappa shape index (κ1) is 16.9. The summed E-state index contributed by atoms with van der Waals surface area (Å²) in [6.07, 6.45) is 6.86. The van der Waals surface area contributed by atoms with E-state index in [1.165, 1.54) is 19.3 Å². The van der Waals surface area contributed by atoms with Crippen molar-refractivity contribution in [3.63, 3.8) is 0 Å². The third-order valence-corrected chi connectivity index (χ3v) is 5.57. The summed E-state index contributed by atoms with van der Waals surface area (Å²) in [6.45, 7) is 4.03. The molecule has 114 valence electrons. The molecule has 0 aliphatic carbocycles. The molecule has 0 radical (unpaired) electrons. The lowest BCUT2D eigenvalue weighted by Gasteiger charge is -2.38. The van der Waals surface area contributed by atoms with Crippen LogP contribution in [-0.2, 0) is 14.6 Å². The van der Waals surface area contributed by atoms with Gasteiger partial charge in [0, 0.05) is 12.0 Å². The van der Waals surface area contributed by atoms with Crippen molar-refractivity contribution in [1.82, 2.24) is 0 Å². The minimum Gasteiger partial charge on any atom is -0.396 e. The highest BCUT2D eigenvalue weighted by Gasteiger charge is 2.32. The van der Waals surface area contributed by atoms with E-state index >= 15 is 0 Å². The van der Waals surface area contributed by atoms with E-state index in [2.05, 4.69) is 6.92 Å². The Hall–Kier alpha value is -0.130. The van der Waals surface area contributed by atoms with Gasteiger partial charge in [0.15, 0.2) is 0 Å². The molecule has 1 heterocycles. The van der Waals surface area contributed by atoms with Crippen LogP contribution in [0.5, 0.6) is 0 Å². The fraction of sp³-hybridized carbons (Fsp3) is 1.00. The summed E-state index contributed by atoms with van der Waals surface area (Å²) in [6, 6.07) is 0. The third kappa shape index (κ3) is 7.28. The van der Waals surface area contributed by atoms with E-state index < -0.39 is 9.84 Å². The van der Waals surface area contributed by atoms with Crippen LogP contribution in [-0.4, -0.2) is 44.9 Å². The van der Waals surface area contributed by atoms with Gasteiger partial charge in [0.1, 0.15) is 9.84 Å². The van der Waals surface area contributed by atoms with E-state index in [0.29, 0.717) is 11.8 Å². The highest BCUT2D eigenvalue weighted by Crippen LogP contribution is 2.32. The summed E-state index contributed by atoms with van der Waals surface area (Å²) in [5, 5.41) is 8.62. The maximum atomic E-state index is 11.5. The van der Waals surface area contributed by atoms with Crippen molar-refractivity contribution in [2.24, 2.45) is 5.41 Å². The quantitative estimate of drug-likeness (QED) is 0.593. The zero-order chi connectivity index (χ0) is 14.2. The molecule has 0 atom stereocenters. The van der Waals surface area contributed by atoms with Crippen molar-refractivity contribution in [3.05, 3.63) is 0 Å². The van der Waals surface area contributed by atoms with Crippen LogP contribution in [0.1, 0.15) is 51.9 Å². The van der Waals surface area contributed by atoms with E-state index in [-0.39, 0.29) is 18.1 Å². The van der Waals surface area contributed by atoms with Crippen LogP contribution in [0.3, 0.4) is 0 Å².